The van der Waals surface area contributed by atoms with Gasteiger partial charge in [0.2, 0.25) is 11.6 Å². The number of carbonyl (C=O) groups excluding carboxylic acids is 1. The fourth-order valence-electron chi connectivity index (χ4n) is 1.62. The summed E-state index contributed by atoms with van der Waals surface area (Å²) >= 11 is 9.09. The van der Waals surface area contributed by atoms with Crippen LogP contribution in [-0.4, -0.2) is 16.4 Å². The second-order valence-corrected chi connectivity index (χ2v) is 5.16. The summed E-state index contributed by atoms with van der Waals surface area (Å²) in [5.74, 6) is 1.10. The van der Waals surface area contributed by atoms with Crippen LogP contribution in [0, 0.1) is 0 Å². The molecular weight excluding hydrogens is 348 g/mol. The molecule has 3 rings (SSSR count). The molecule has 0 spiro atoms. The van der Waals surface area contributed by atoms with Crippen LogP contribution in [0.5, 0.6) is 0 Å². The van der Waals surface area contributed by atoms with E-state index in [0.29, 0.717) is 27.4 Å². The molecule has 0 unspecified atom stereocenters. The molecule has 0 atom stereocenters. The number of furan rings is 1. The molecule has 0 N–H and O–H groups in total. The maximum atomic E-state index is 10.7. The van der Waals surface area contributed by atoms with E-state index in [0.717, 1.165) is 5.56 Å². The quantitative estimate of drug-likeness (QED) is 0.659. The number of halogens is 2. The van der Waals surface area contributed by atoms with Crippen LogP contribution in [0.1, 0.15) is 10.6 Å². The van der Waals surface area contributed by atoms with Gasteiger partial charge in [-0.3, -0.25) is 4.79 Å². The van der Waals surface area contributed by atoms with Crippen molar-refractivity contribution >= 4 is 33.8 Å². The lowest BCUT2D eigenvalue weighted by Gasteiger charge is -1.93. The lowest BCUT2D eigenvalue weighted by molar-refractivity contribution is 0.110. The predicted molar refractivity (Wildman–Crippen MR) is 75.5 cm³/mol. The van der Waals surface area contributed by atoms with Crippen molar-refractivity contribution in [2.75, 3.05) is 0 Å². The molecule has 0 aliphatic carbocycles. The van der Waals surface area contributed by atoms with Gasteiger partial charge in [-0.15, -0.1) is 0 Å². The van der Waals surface area contributed by atoms with E-state index >= 15 is 0 Å². The molecule has 2 aromatic heterocycles. The zero-order valence-corrected chi connectivity index (χ0v) is 12.2. The van der Waals surface area contributed by atoms with Crippen LogP contribution < -0.4 is 0 Å². The smallest absolute Gasteiger partial charge is 0.295 e. The Balaban J connectivity index is 1.99. The SMILES string of the molecule is O=Cc1cc(Br)c(-c2nc(-c3ccc(Cl)cc3)no2)o1. The third kappa shape index (κ3) is 2.39. The molecule has 0 radical (unpaired) electrons. The van der Waals surface area contributed by atoms with Crippen molar-refractivity contribution in [3.8, 4) is 23.0 Å². The molecule has 2 heterocycles. The second kappa shape index (κ2) is 5.22. The third-order valence-corrected chi connectivity index (χ3v) is 3.39. The molecule has 100 valence electrons. The fourth-order valence-corrected chi connectivity index (χ4v) is 2.22. The van der Waals surface area contributed by atoms with Crippen LogP contribution in [0.15, 0.2) is 43.7 Å². The normalized spacial score (nSPS) is 10.7. The van der Waals surface area contributed by atoms with Crippen molar-refractivity contribution in [1.29, 1.82) is 0 Å². The second-order valence-electron chi connectivity index (χ2n) is 3.87. The average Bonchev–Trinajstić information content (AvgIpc) is 3.06. The van der Waals surface area contributed by atoms with Gasteiger partial charge in [0.25, 0.3) is 5.89 Å². The molecule has 3 aromatic rings. The molecule has 0 saturated heterocycles. The van der Waals surface area contributed by atoms with E-state index in [2.05, 4.69) is 26.1 Å². The minimum absolute atomic E-state index is 0.179. The minimum atomic E-state index is 0.179. The molecule has 0 saturated carbocycles. The van der Waals surface area contributed by atoms with Crippen LogP contribution >= 0.6 is 27.5 Å². The van der Waals surface area contributed by atoms with Crippen LogP contribution in [0.2, 0.25) is 5.02 Å². The van der Waals surface area contributed by atoms with Gasteiger partial charge in [-0.2, -0.15) is 4.98 Å². The van der Waals surface area contributed by atoms with Crippen LogP contribution in [0.4, 0.5) is 0 Å². The zero-order valence-electron chi connectivity index (χ0n) is 9.84. The summed E-state index contributed by atoms with van der Waals surface area (Å²) in [5.41, 5.74) is 0.766. The first-order valence-electron chi connectivity index (χ1n) is 5.52. The Hall–Kier alpha value is -1.92. The predicted octanol–water partition coefficient (Wildman–Crippen LogP) is 4.23. The molecule has 0 aliphatic heterocycles. The summed E-state index contributed by atoms with van der Waals surface area (Å²) in [7, 11) is 0. The first-order chi connectivity index (χ1) is 9.67. The Kier molecular flexibility index (Phi) is 3.42. The molecule has 5 nitrogen and oxygen atoms in total. The zero-order chi connectivity index (χ0) is 14.1. The summed E-state index contributed by atoms with van der Waals surface area (Å²) in [5, 5.41) is 4.50. The number of rotatable bonds is 3. The maximum Gasteiger partial charge on any atom is 0.295 e. The van der Waals surface area contributed by atoms with Crippen LogP contribution in [0.25, 0.3) is 23.0 Å². The topological polar surface area (TPSA) is 69.1 Å². The van der Waals surface area contributed by atoms with Crippen LogP contribution in [-0.2, 0) is 0 Å². The van der Waals surface area contributed by atoms with Gasteiger partial charge in [0.1, 0.15) is 0 Å². The van der Waals surface area contributed by atoms with Crippen molar-refractivity contribution in [3.63, 3.8) is 0 Å². The molecule has 7 heteroatoms. The fraction of sp³-hybridized carbons (Fsp3) is 0. The monoisotopic (exact) mass is 352 g/mol. The lowest BCUT2D eigenvalue weighted by atomic mass is 10.2. The Morgan fingerprint density at radius 2 is 2.00 bits per heavy atom. The van der Waals surface area contributed by atoms with Crippen molar-refractivity contribution in [1.82, 2.24) is 10.1 Å². The minimum Gasteiger partial charge on any atom is -0.447 e. The third-order valence-electron chi connectivity index (χ3n) is 2.54. The highest BCUT2D eigenvalue weighted by Crippen LogP contribution is 2.31. The van der Waals surface area contributed by atoms with Gasteiger partial charge in [-0.25, -0.2) is 0 Å². The van der Waals surface area contributed by atoms with Gasteiger partial charge in [-0.05, 0) is 40.2 Å². The van der Waals surface area contributed by atoms with E-state index in [1.165, 1.54) is 6.07 Å². The highest BCUT2D eigenvalue weighted by Gasteiger charge is 2.18. The van der Waals surface area contributed by atoms with E-state index in [-0.39, 0.29) is 11.7 Å². The van der Waals surface area contributed by atoms with Crippen molar-refractivity contribution < 1.29 is 13.7 Å². The van der Waals surface area contributed by atoms with Gasteiger partial charge < -0.3 is 8.94 Å². The maximum absolute atomic E-state index is 10.7. The van der Waals surface area contributed by atoms with E-state index in [1.807, 2.05) is 0 Å². The molecule has 0 fully saturated rings. The van der Waals surface area contributed by atoms with Crippen molar-refractivity contribution in [2.24, 2.45) is 0 Å². The molecule has 0 bridgehead atoms. The molecule has 0 amide bonds. The Bertz CT molecular complexity index is 764. The highest BCUT2D eigenvalue weighted by molar-refractivity contribution is 9.10. The van der Waals surface area contributed by atoms with E-state index < -0.39 is 0 Å². The van der Waals surface area contributed by atoms with Gasteiger partial charge in [0.15, 0.2) is 12.0 Å². The summed E-state index contributed by atoms with van der Waals surface area (Å²) in [4.78, 5) is 14.9. The largest absolute Gasteiger partial charge is 0.447 e. The first kappa shape index (κ1) is 13.1. The molecule has 0 aliphatic rings. The highest BCUT2D eigenvalue weighted by atomic mass is 79.9. The van der Waals surface area contributed by atoms with Crippen molar-refractivity contribution in [3.05, 3.63) is 45.6 Å². The molecule has 20 heavy (non-hydrogen) atoms. The standard InChI is InChI=1S/C13H6BrClN2O3/c14-10-5-9(6-18)19-11(10)13-16-12(17-20-13)7-1-3-8(15)4-2-7/h1-6H. The first-order valence-corrected chi connectivity index (χ1v) is 6.69. The average molecular weight is 354 g/mol. The number of benzene rings is 1. The van der Waals surface area contributed by atoms with Gasteiger partial charge >= 0.3 is 0 Å². The summed E-state index contributed by atoms with van der Waals surface area (Å²) in [6, 6.07) is 8.57. The Morgan fingerprint density at radius 1 is 1.25 bits per heavy atom. The number of aromatic nitrogens is 2. The number of hydrogen-bond acceptors (Lipinski definition) is 5. The lowest BCUT2D eigenvalue weighted by Crippen LogP contribution is -1.80. The number of aldehydes is 1. The van der Waals surface area contributed by atoms with E-state index in [1.54, 1.807) is 24.3 Å². The summed E-state index contributed by atoms with van der Waals surface area (Å²) in [6.07, 6.45) is 0.602. The van der Waals surface area contributed by atoms with Gasteiger partial charge in [0, 0.05) is 16.7 Å². The Morgan fingerprint density at radius 3 is 2.65 bits per heavy atom. The summed E-state index contributed by atoms with van der Waals surface area (Å²) in [6.45, 7) is 0. The number of hydrogen-bond donors (Lipinski definition) is 0. The summed E-state index contributed by atoms with van der Waals surface area (Å²) < 4.78 is 11.0. The van der Waals surface area contributed by atoms with Crippen molar-refractivity contribution in [2.45, 2.75) is 0 Å². The number of carbonyl (C=O) groups is 1. The molecule has 1 aromatic carbocycles. The van der Waals surface area contributed by atoms with Gasteiger partial charge in [-0.1, -0.05) is 16.8 Å². The van der Waals surface area contributed by atoms with E-state index in [4.69, 9.17) is 20.5 Å². The number of nitrogens with zero attached hydrogens (tertiary/aromatic N) is 2. The van der Waals surface area contributed by atoms with E-state index in [9.17, 15) is 4.79 Å². The van der Waals surface area contributed by atoms with Crippen LogP contribution in [0.3, 0.4) is 0 Å². The molecular formula is C13H6BrClN2O3. The Labute approximate surface area is 126 Å². The van der Waals surface area contributed by atoms with Gasteiger partial charge in [0.05, 0.1) is 4.47 Å².